The molecule has 1 aromatic carbocycles. The standard InChI is InChI=1S/C18H24FN3O2/c1-20-9-11-22(12-10-20)18(24)14-7-8-16(23)21(2)17(14)13-5-3-4-6-15(13)19/h3-6,14,17H,7-12H2,1-2H3. The summed E-state index contributed by atoms with van der Waals surface area (Å²) in [5.41, 5.74) is 0.431. The Balaban J connectivity index is 1.88. The second-order valence-electron chi connectivity index (χ2n) is 6.74. The molecule has 0 N–H and O–H groups in total. The van der Waals surface area contributed by atoms with Gasteiger partial charge in [0.25, 0.3) is 0 Å². The first-order valence-corrected chi connectivity index (χ1v) is 8.46. The summed E-state index contributed by atoms with van der Waals surface area (Å²) < 4.78 is 14.3. The largest absolute Gasteiger partial charge is 0.340 e. The van der Waals surface area contributed by atoms with Gasteiger partial charge < -0.3 is 14.7 Å². The number of piperidine rings is 1. The van der Waals surface area contributed by atoms with Gasteiger partial charge >= 0.3 is 0 Å². The average molecular weight is 333 g/mol. The minimum atomic E-state index is -0.528. The fourth-order valence-corrected chi connectivity index (χ4v) is 3.70. The molecule has 2 unspecified atom stereocenters. The summed E-state index contributed by atoms with van der Waals surface area (Å²) in [7, 11) is 3.71. The highest BCUT2D eigenvalue weighted by atomic mass is 19.1. The molecule has 0 aliphatic carbocycles. The maximum atomic E-state index is 14.3. The van der Waals surface area contributed by atoms with Crippen molar-refractivity contribution >= 4 is 11.8 Å². The minimum absolute atomic E-state index is 0.0364. The third kappa shape index (κ3) is 3.15. The van der Waals surface area contributed by atoms with Gasteiger partial charge in [-0.15, -0.1) is 0 Å². The molecule has 3 rings (SSSR count). The topological polar surface area (TPSA) is 43.9 Å². The van der Waals surface area contributed by atoms with Crippen molar-refractivity contribution in [2.75, 3.05) is 40.3 Å². The molecule has 2 amide bonds. The number of likely N-dealkylation sites (N-methyl/N-ethyl adjacent to an activating group) is 1. The lowest BCUT2D eigenvalue weighted by Gasteiger charge is -2.42. The highest BCUT2D eigenvalue weighted by molar-refractivity contribution is 5.85. The summed E-state index contributed by atoms with van der Waals surface area (Å²) in [5, 5.41) is 0. The van der Waals surface area contributed by atoms with Gasteiger partial charge in [-0.25, -0.2) is 4.39 Å². The fourth-order valence-electron chi connectivity index (χ4n) is 3.70. The molecule has 0 saturated carbocycles. The molecular formula is C18H24FN3O2. The van der Waals surface area contributed by atoms with E-state index in [0.29, 0.717) is 31.5 Å². The van der Waals surface area contributed by atoms with Crippen molar-refractivity contribution in [2.24, 2.45) is 5.92 Å². The van der Waals surface area contributed by atoms with Crippen molar-refractivity contribution in [3.63, 3.8) is 0 Å². The monoisotopic (exact) mass is 333 g/mol. The number of piperazine rings is 1. The number of nitrogens with zero attached hydrogens (tertiary/aromatic N) is 3. The zero-order valence-corrected chi connectivity index (χ0v) is 14.2. The SMILES string of the molecule is CN1CCN(C(=O)C2CCC(=O)N(C)C2c2ccccc2F)CC1. The van der Waals surface area contributed by atoms with E-state index in [1.807, 2.05) is 11.9 Å². The molecule has 6 heteroatoms. The third-order valence-corrected chi connectivity index (χ3v) is 5.22. The molecule has 0 spiro atoms. The van der Waals surface area contributed by atoms with E-state index in [9.17, 15) is 14.0 Å². The second-order valence-corrected chi connectivity index (χ2v) is 6.74. The Morgan fingerprint density at radius 3 is 2.46 bits per heavy atom. The molecule has 2 atom stereocenters. The predicted octanol–water partition coefficient (Wildman–Crippen LogP) is 1.51. The van der Waals surface area contributed by atoms with Gasteiger partial charge in [0.15, 0.2) is 0 Å². The number of rotatable bonds is 2. The quantitative estimate of drug-likeness (QED) is 0.824. The molecule has 0 bridgehead atoms. The average Bonchev–Trinajstić information content (AvgIpc) is 2.58. The summed E-state index contributed by atoms with van der Waals surface area (Å²) in [6.07, 6.45) is 0.818. The van der Waals surface area contributed by atoms with E-state index >= 15 is 0 Å². The van der Waals surface area contributed by atoms with Crippen LogP contribution in [-0.4, -0.2) is 66.8 Å². The molecule has 2 fully saturated rings. The zero-order chi connectivity index (χ0) is 17.3. The molecule has 2 heterocycles. The van der Waals surface area contributed by atoms with Gasteiger partial charge in [-0.2, -0.15) is 0 Å². The van der Waals surface area contributed by atoms with Crippen molar-refractivity contribution in [3.05, 3.63) is 35.6 Å². The van der Waals surface area contributed by atoms with Crippen LogP contribution in [0.5, 0.6) is 0 Å². The van der Waals surface area contributed by atoms with Crippen LogP contribution >= 0.6 is 0 Å². The highest BCUT2D eigenvalue weighted by Crippen LogP contribution is 2.38. The van der Waals surface area contributed by atoms with E-state index in [0.717, 1.165) is 13.1 Å². The molecule has 2 aliphatic rings. The first-order valence-electron chi connectivity index (χ1n) is 8.46. The Kier molecular flexibility index (Phi) is 4.85. The molecule has 2 saturated heterocycles. The molecular weight excluding hydrogens is 309 g/mol. The van der Waals surface area contributed by atoms with Crippen LogP contribution in [0.4, 0.5) is 4.39 Å². The van der Waals surface area contributed by atoms with Crippen molar-refractivity contribution in [1.29, 1.82) is 0 Å². The van der Waals surface area contributed by atoms with Crippen molar-refractivity contribution in [1.82, 2.24) is 14.7 Å². The number of carbonyl (C=O) groups excluding carboxylic acids is 2. The van der Waals surface area contributed by atoms with Gasteiger partial charge in [-0.1, -0.05) is 18.2 Å². The molecule has 0 aromatic heterocycles. The van der Waals surface area contributed by atoms with Crippen LogP contribution in [0.3, 0.4) is 0 Å². The Hall–Kier alpha value is -1.95. The molecule has 5 nitrogen and oxygen atoms in total. The molecule has 24 heavy (non-hydrogen) atoms. The van der Waals surface area contributed by atoms with Gasteiger partial charge in [-0.3, -0.25) is 9.59 Å². The number of hydrogen-bond donors (Lipinski definition) is 0. The van der Waals surface area contributed by atoms with E-state index < -0.39 is 6.04 Å². The van der Waals surface area contributed by atoms with Gasteiger partial charge in [0.2, 0.25) is 11.8 Å². The second kappa shape index (κ2) is 6.89. The summed E-state index contributed by atoms with van der Waals surface area (Å²) in [6.45, 7) is 3.07. The summed E-state index contributed by atoms with van der Waals surface area (Å²) in [6, 6.07) is 5.92. The lowest BCUT2D eigenvalue weighted by Crippen LogP contribution is -2.52. The van der Waals surface area contributed by atoms with E-state index in [1.165, 1.54) is 6.07 Å². The number of halogens is 1. The van der Waals surface area contributed by atoms with Crippen LogP contribution in [-0.2, 0) is 9.59 Å². The van der Waals surface area contributed by atoms with E-state index in [-0.39, 0.29) is 23.5 Å². The lowest BCUT2D eigenvalue weighted by molar-refractivity contribution is -0.147. The highest BCUT2D eigenvalue weighted by Gasteiger charge is 2.41. The molecule has 2 aliphatic heterocycles. The first kappa shape index (κ1) is 16.9. The maximum absolute atomic E-state index is 14.3. The van der Waals surface area contributed by atoms with Crippen LogP contribution < -0.4 is 0 Å². The third-order valence-electron chi connectivity index (χ3n) is 5.22. The maximum Gasteiger partial charge on any atom is 0.228 e. The van der Waals surface area contributed by atoms with Crippen LogP contribution in [0.15, 0.2) is 24.3 Å². The Morgan fingerprint density at radius 1 is 1.12 bits per heavy atom. The van der Waals surface area contributed by atoms with Crippen LogP contribution in [0.2, 0.25) is 0 Å². The lowest BCUT2D eigenvalue weighted by atomic mass is 9.83. The Labute approximate surface area is 142 Å². The van der Waals surface area contributed by atoms with E-state index in [2.05, 4.69) is 4.90 Å². The normalized spacial score (nSPS) is 25.9. The van der Waals surface area contributed by atoms with Crippen molar-refractivity contribution < 1.29 is 14.0 Å². The van der Waals surface area contributed by atoms with Gasteiger partial charge in [-0.05, 0) is 19.5 Å². The number of amides is 2. The van der Waals surface area contributed by atoms with Crippen molar-refractivity contribution in [3.8, 4) is 0 Å². The van der Waals surface area contributed by atoms with Crippen LogP contribution in [0.1, 0.15) is 24.4 Å². The Bertz CT molecular complexity index is 628. The van der Waals surface area contributed by atoms with E-state index in [4.69, 9.17) is 0 Å². The number of likely N-dealkylation sites (tertiary alicyclic amines) is 1. The fraction of sp³-hybridized carbons (Fsp3) is 0.556. The molecule has 130 valence electrons. The summed E-state index contributed by atoms with van der Waals surface area (Å²) in [5.74, 6) is -0.741. The number of carbonyl (C=O) groups is 2. The van der Waals surface area contributed by atoms with Gasteiger partial charge in [0, 0.05) is 45.2 Å². The van der Waals surface area contributed by atoms with Gasteiger partial charge in [0.05, 0.1) is 12.0 Å². The minimum Gasteiger partial charge on any atom is -0.340 e. The van der Waals surface area contributed by atoms with Crippen LogP contribution in [0, 0.1) is 11.7 Å². The molecule has 0 radical (unpaired) electrons. The number of hydrogen-bond acceptors (Lipinski definition) is 3. The zero-order valence-electron chi connectivity index (χ0n) is 14.2. The molecule has 1 aromatic rings. The Morgan fingerprint density at radius 2 is 1.79 bits per heavy atom. The van der Waals surface area contributed by atoms with Crippen molar-refractivity contribution in [2.45, 2.75) is 18.9 Å². The summed E-state index contributed by atoms with van der Waals surface area (Å²) >= 11 is 0. The number of benzene rings is 1. The van der Waals surface area contributed by atoms with E-state index in [1.54, 1.807) is 30.1 Å². The smallest absolute Gasteiger partial charge is 0.228 e. The predicted molar refractivity (Wildman–Crippen MR) is 88.7 cm³/mol. The van der Waals surface area contributed by atoms with Crippen LogP contribution in [0.25, 0.3) is 0 Å². The first-order chi connectivity index (χ1) is 11.5. The summed E-state index contributed by atoms with van der Waals surface area (Å²) in [4.78, 5) is 30.8. The van der Waals surface area contributed by atoms with Gasteiger partial charge in [0.1, 0.15) is 5.82 Å².